The molecule has 1 saturated heterocycles. The quantitative estimate of drug-likeness (QED) is 0.826. The monoisotopic (exact) mass is 373 g/mol. The highest BCUT2D eigenvalue weighted by atomic mass is 35.5. The van der Waals surface area contributed by atoms with Crippen LogP contribution in [-0.2, 0) is 4.79 Å². The lowest BCUT2D eigenvalue weighted by atomic mass is 10.2. The summed E-state index contributed by atoms with van der Waals surface area (Å²) in [5.41, 5.74) is 2.26. The van der Waals surface area contributed by atoms with Crippen molar-refractivity contribution in [1.29, 1.82) is 0 Å². The van der Waals surface area contributed by atoms with Crippen LogP contribution in [0.5, 0.6) is 0 Å². The minimum absolute atomic E-state index is 0.285. The van der Waals surface area contributed by atoms with E-state index >= 15 is 0 Å². The third kappa shape index (κ3) is 4.84. The Morgan fingerprint density at radius 2 is 1.92 bits per heavy atom. The van der Waals surface area contributed by atoms with E-state index in [4.69, 9.17) is 11.6 Å². The predicted octanol–water partition coefficient (Wildman–Crippen LogP) is 3.88. The van der Waals surface area contributed by atoms with Crippen LogP contribution in [0.4, 0.5) is 15.8 Å². The second kappa shape index (κ2) is 8.34. The number of rotatable bonds is 4. The topological polar surface area (TPSA) is 35.6 Å². The molecule has 6 heteroatoms. The number of piperazine rings is 1. The summed E-state index contributed by atoms with van der Waals surface area (Å²) in [6.45, 7) is 3.71. The fraction of sp³-hybridized carbons (Fsp3) is 0.250. The van der Waals surface area contributed by atoms with Gasteiger partial charge in [0, 0.05) is 37.3 Å². The first kappa shape index (κ1) is 18.4. The summed E-state index contributed by atoms with van der Waals surface area (Å²) in [5.74, 6) is -0.619. The molecule has 2 aromatic carbocycles. The van der Waals surface area contributed by atoms with Gasteiger partial charge >= 0.3 is 0 Å². The summed E-state index contributed by atoms with van der Waals surface area (Å²) >= 11 is 6.12. The van der Waals surface area contributed by atoms with Crippen molar-refractivity contribution in [3.8, 4) is 0 Å². The normalized spacial score (nSPS) is 15.4. The first-order chi connectivity index (χ1) is 12.5. The van der Waals surface area contributed by atoms with Gasteiger partial charge in [0.2, 0.25) is 5.91 Å². The van der Waals surface area contributed by atoms with Gasteiger partial charge in [0.25, 0.3) is 0 Å². The van der Waals surface area contributed by atoms with E-state index in [9.17, 15) is 9.18 Å². The molecule has 1 heterocycles. The Morgan fingerprint density at radius 1 is 1.15 bits per heavy atom. The van der Waals surface area contributed by atoms with E-state index in [0.29, 0.717) is 16.3 Å². The number of halogens is 2. The molecular formula is C20H21ClFN3O. The molecule has 1 fully saturated rings. The van der Waals surface area contributed by atoms with Crippen LogP contribution in [-0.4, -0.2) is 44.0 Å². The first-order valence-electron chi connectivity index (χ1n) is 8.49. The molecule has 0 bridgehead atoms. The lowest BCUT2D eigenvalue weighted by Gasteiger charge is -2.35. The molecule has 1 aliphatic heterocycles. The number of benzene rings is 2. The SMILES string of the molecule is CN1CCN(c2ccc(Cl)cc2NC(=O)C=Cc2cccc(F)c2)CC1. The highest BCUT2D eigenvalue weighted by molar-refractivity contribution is 6.31. The van der Waals surface area contributed by atoms with Gasteiger partial charge in [-0.15, -0.1) is 0 Å². The van der Waals surface area contributed by atoms with E-state index in [-0.39, 0.29) is 11.7 Å². The van der Waals surface area contributed by atoms with Crippen LogP contribution in [0.15, 0.2) is 48.5 Å². The van der Waals surface area contributed by atoms with Crippen LogP contribution in [0, 0.1) is 5.82 Å². The maximum atomic E-state index is 13.2. The zero-order valence-electron chi connectivity index (χ0n) is 14.6. The Bertz CT molecular complexity index is 816. The van der Waals surface area contributed by atoms with Crippen LogP contribution in [0.25, 0.3) is 6.08 Å². The van der Waals surface area contributed by atoms with E-state index in [2.05, 4.69) is 22.2 Å². The second-order valence-electron chi connectivity index (χ2n) is 6.33. The van der Waals surface area contributed by atoms with Crippen LogP contribution in [0.2, 0.25) is 5.02 Å². The summed E-state index contributed by atoms with van der Waals surface area (Å²) in [7, 11) is 2.10. The zero-order valence-corrected chi connectivity index (χ0v) is 15.3. The van der Waals surface area contributed by atoms with E-state index in [0.717, 1.165) is 31.9 Å². The Morgan fingerprint density at radius 3 is 2.65 bits per heavy atom. The van der Waals surface area contributed by atoms with E-state index in [1.807, 2.05) is 12.1 Å². The van der Waals surface area contributed by atoms with E-state index in [1.165, 1.54) is 18.2 Å². The predicted molar refractivity (Wildman–Crippen MR) is 105 cm³/mol. The third-order valence-electron chi connectivity index (χ3n) is 4.34. The highest BCUT2D eigenvalue weighted by Crippen LogP contribution is 2.30. The average molecular weight is 374 g/mol. The minimum Gasteiger partial charge on any atom is -0.367 e. The van der Waals surface area contributed by atoms with Gasteiger partial charge in [0.1, 0.15) is 5.82 Å². The Kier molecular flexibility index (Phi) is 5.91. The fourth-order valence-corrected chi connectivity index (χ4v) is 3.06. The summed E-state index contributed by atoms with van der Waals surface area (Å²) in [6, 6.07) is 11.6. The molecular weight excluding hydrogens is 353 g/mol. The van der Waals surface area contributed by atoms with E-state index < -0.39 is 0 Å². The van der Waals surface area contributed by atoms with Gasteiger partial charge < -0.3 is 15.1 Å². The van der Waals surface area contributed by atoms with Crippen molar-refractivity contribution in [2.75, 3.05) is 43.4 Å². The molecule has 0 aromatic heterocycles. The molecule has 0 aliphatic carbocycles. The molecule has 1 amide bonds. The molecule has 26 heavy (non-hydrogen) atoms. The number of likely N-dealkylation sites (N-methyl/N-ethyl adjacent to an activating group) is 1. The molecule has 1 N–H and O–H groups in total. The van der Waals surface area contributed by atoms with Gasteiger partial charge in [-0.05, 0) is 49.0 Å². The minimum atomic E-state index is -0.334. The van der Waals surface area contributed by atoms with Crippen molar-refractivity contribution in [3.63, 3.8) is 0 Å². The van der Waals surface area contributed by atoms with Gasteiger partial charge in [-0.2, -0.15) is 0 Å². The molecule has 3 rings (SSSR count). The number of anilines is 2. The van der Waals surface area contributed by atoms with Crippen molar-refractivity contribution < 1.29 is 9.18 Å². The van der Waals surface area contributed by atoms with Crippen molar-refractivity contribution in [2.45, 2.75) is 0 Å². The molecule has 1 aliphatic rings. The number of nitrogens with zero attached hydrogens (tertiary/aromatic N) is 2. The lowest BCUT2D eigenvalue weighted by molar-refractivity contribution is -0.111. The molecule has 0 saturated carbocycles. The number of carbonyl (C=O) groups is 1. The van der Waals surface area contributed by atoms with E-state index in [1.54, 1.807) is 24.3 Å². The molecule has 2 aromatic rings. The second-order valence-corrected chi connectivity index (χ2v) is 6.77. The number of hydrogen-bond donors (Lipinski definition) is 1. The van der Waals surface area contributed by atoms with Crippen LogP contribution in [0.3, 0.4) is 0 Å². The lowest BCUT2D eigenvalue weighted by Crippen LogP contribution is -2.44. The largest absolute Gasteiger partial charge is 0.367 e. The number of carbonyl (C=O) groups excluding carboxylic acids is 1. The Balaban J connectivity index is 1.74. The third-order valence-corrected chi connectivity index (χ3v) is 4.57. The molecule has 0 atom stereocenters. The number of nitrogens with one attached hydrogen (secondary N) is 1. The van der Waals surface area contributed by atoms with Gasteiger partial charge in [-0.25, -0.2) is 4.39 Å². The van der Waals surface area contributed by atoms with Gasteiger partial charge in [-0.1, -0.05) is 23.7 Å². The van der Waals surface area contributed by atoms with Crippen molar-refractivity contribution in [3.05, 3.63) is 64.9 Å². The zero-order chi connectivity index (χ0) is 18.5. The Hall–Kier alpha value is -2.37. The maximum absolute atomic E-state index is 13.2. The summed E-state index contributed by atoms with van der Waals surface area (Å²) in [5, 5.41) is 3.45. The average Bonchev–Trinajstić information content (AvgIpc) is 2.61. The van der Waals surface area contributed by atoms with Crippen molar-refractivity contribution in [1.82, 2.24) is 4.90 Å². The molecule has 136 valence electrons. The maximum Gasteiger partial charge on any atom is 0.248 e. The van der Waals surface area contributed by atoms with Gasteiger partial charge in [-0.3, -0.25) is 4.79 Å². The highest BCUT2D eigenvalue weighted by Gasteiger charge is 2.18. The Labute approximate surface area is 157 Å². The number of hydrogen-bond acceptors (Lipinski definition) is 3. The van der Waals surface area contributed by atoms with Crippen LogP contribution >= 0.6 is 11.6 Å². The van der Waals surface area contributed by atoms with Crippen molar-refractivity contribution >= 4 is 35.0 Å². The van der Waals surface area contributed by atoms with Crippen LogP contribution in [0.1, 0.15) is 5.56 Å². The summed E-state index contributed by atoms with van der Waals surface area (Å²) in [6.07, 6.45) is 2.97. The smallest absolute Gasteiger partial charge is 0.248 e. The standard InChI is InChI=1S/C20H21ClFN3O/c1-24-9-11-25(12-10-24)19-7-6-16(21)14-18(19)23-20(26)8-5-15-3-2-4-17(22)13-15/h2-8,13-14H,9-12H2,1H3,(H,23,26). The van der Waals surface area contributed by atoms with Gasteiger partial charge in [0.15, 0.2) is 0 Å². The van der Waals surface area contributed by atoms with Crippen molar-refractivity contribution in [2.24, 2.45) is 0 Å². The number of amides is 1. The molecule has 0 unspecified atom stereocenters. The molecule has 4 nitrogen and oxygen atoms in total. The summed E-state index contributed by atoms with van der Waals surface area (Å²) < 4.78 is 13.2. The molecule has 0 spiro atoms. The molecule has 0 radical (unpaired) electrons. The first-order valence-corrected chi connectivity index (χ1v) is 8.87. The fourth-order valence-electron chi connectivity index (χ4n) is 2.89. The van der Waals surface area contributed by atoms with Gasteiger partial charge in [0.05, 0.1) is 11.4 Å². The summed E-state index contributed by atoms with van der Waals surface area (Å²) in [4.78, 5) is 16.8. The van der Waals surface area contributed by atoms with Crippen LogP contribution < -0.4 is 10.2 Å².